The number of aryl methyl sites for hydroxylation is 3. The average Bonchev–Trinajstić information content (AvgIpc) is 3.33. The first-order valence-electron chi connectivity index (χ1n) is 11.0. The van der Waals surface area contributed by atoms with Crippen LogP contribution in [0.25, 0.3) is 22.4 Å². The highest BCUT2D eigenvalue weighted by Crippen LogP contribution is 2.39. The Bertz CT molecular complexity index is 1250. The molecular formula is C25H29N7. The van der Waals surface area contributed by atoms with Crippen molar-refractivity contribution in [2.24, 2.45) is 7.05 Å². The molecule has 1 aliphatic heterocycles. The highest BCUT2D eigenvalue weighted by Gasteiger charge is 2.26. The predicted molar refractivity (Wildman–Crippen MR) is 127 cm³/mol. The summed E-state index contributed by atoms with van der Waals surface area (Å²) in [6.07, 6.45) is 4.91. The maximum absolute atomic E-state index is 4.42. The number of aromatic nitrogens is 5. The molecule has 4 aromatic rings. The molecule has 2 aromatic carbocycles. The summed E-state index contributed by atoms with van der Waals surface area (Å²) in [6, 6.07) is 15.4. The molecule has 32 heavy (non-hydrogen) atoms. The van der Waals surface area contributed by atoms with Crippen LogP contribution in [0, 0.1) is 6.92 Å². The zero-order valence-electron chi connectivity index (χ0n) is 19.1. The van der Waals surface area contributed by atoms with Gasteiger partial charge >= 0.3 is 0 Å². The van der Waals surface area contributed by atoms with Crippen LogP contribution in [0.5, 0.6) is 0 Å². The zero-order chi connectivity index (χ0) is 22.2. The number of hydrogen-bond donors (Lipinski definition) is 1. The second-order valence-corrected chi connectivity index (χ2v) is 8.83. The number of nitrogens with zero attached hydrogens (tertiary/aromatic N) is 6. The molecule has 7 nitrogen and oxygen atoms in total. The molecule has 5 rings (SSSR count). The van der Waals surface area contributed by atoms with Crippen LogP contribution in [0.2, 0.25) is 0 Å². The maximum Gasteiger partial charge on any atom is 0.0918 e. The molecule has 1 aliphatic rings. The monoisotopic (exact) mass is 427 g/mol. The van der Waals surface area contributed by atoms with Gasteiger partial charge in [-0.25, -0.2) is 4.68 Å². The average molecular weight is 428 g/mol. The third-order valence-electron chi connectivity index (χ3n) is 6.09. The highest BCUT2D eigenvalue weighted by molar-refractivity contribution is 5.74. The van der Waals surface area contributed by atoms with Gasteiger partial charge in [-0.2, -0.15) is 5.10 Å². The second-order valence-electron chi connectivity index (χ2n) is 8.83. The van der Waals surface area contributed by atoms with E-state index in [-0.39, 0.29) is 6.04 Å². The van der Waals surface area contributed by atoms with E-state index in [0.29, 0.717) is 0 Å². The molecule has 0 aliphatic carbocycles. The quantitative estimate of drug-likeness (QED) is 0.515. The van der Waals surface area contributed by atoms with Crippen molar-refractivity contribution in [2.45, 2.75) is 32.5 Å². The van der Waals surface area contributed by atoms with Gasteiger partial charge in [0, 0.05) is 43.1 Å². The SMILES string of the molecule is Cc1nnn2c1-c1ccc(-c3cnn(C)c3)cc1C(Nc1ccccc1CN(C)C)CC2. The minimum atomic E-state index is 0.158. The third-order valence-corrected chi connectivity index (χ3v) is 6.09. The van der Waals surface area contributed by atoms with Gasteiger partial charge in [-0.3, -0.25) is 4.68 Å². The molecule has 0 saturated heterocycles. The van der Waals surface area contributed by atoms with E-state index in [1.54, 1.807) is 0 Å². The third kappa shape index (κ3) is 3.80. The van der Waals surface area contributed by atoms with Gasteiger partial charge in [0.25, 0.3) is 0 Å². The fraction of sp³-hybridized carbons (Fsp3) is 0.320. The van der Waals surface area contributed by atoms with Gasteiger partial charge < -0.3 is 10.2 Å². The lowest BCUT2D eigenvalue weighted by molar-refractivity contribution is 0.403. The van der Waals surface area contributed by atoms with E-state index in [2.05, 4.69) is 88.4 Å². The number of para-hydroxylation sites is 1. The minimum absolute atomic E-state index is 0.158. The summed E-state index contributed by atoms with van der Waals surface area (Å²) in [7, 11) is 6.16. The highest BCUT2D eigenvalue weighted by atomic mass is 15.4. The van der Waals surface area contributed by atoms with Gasteiger partial charge in [-0.1, -0.05) is 35.5 Å². The largest absolute Gasteiger partial charge is 0.378 e. The molecule has 164 valence electrons. The summed E-state index contributed by atoms with van der Waals surface area (Å²) in [5, 5.41) is 17.0. The molecule has 0 amide bonds. The molecule has 3 heterocycles. The van der Waals surface area contributed by atoms with E-state index in [9.17, 15) is 0 Å². The van der Waals surface area contributed by atoms with Crippen LogP contribution >= 0.6 is 0 Å². The van der Waals surface area contributed by atoms with Gasteiger partial charge in [0.1, 0.15) is 0 Å². The zero-order valence-corrected chi connectivity index (χ0v) is 19.1. The molecule has 0 radical (unpaired) electrons. The maximum atomic E-state index is 4.42. The predicted octanol–water partition coefficient (Wildman–Crippen LogP) is 4.27. The summed E-state index contributed by atoms with van der Waals surface area (Å²) >= 11 is 0. The van der Waals surface area contributed by atoms with Crippen molar-refractivity contribution in [2.75, 3.05) is 19.4 Å². The molecule has 0 spiro atoms. The van der Waals surface area contributed by atoms with E-state index in [4.69, 9.17) is 0 Å². The van der Waals surface area contributed by atoms with E-state index in [1.807, 2.05) is 29.5 Å². The summed E-state index contributed by atoms with van der Waals surface area (Å²) in [6.45, 7) is 3.75. The van der Waals surface area contributed by atoms with Crippen LogP contribution in [-0.2, 0) is 20.1 Å². The Morgan fingerprint density at radius 1 is 1.12 bits per heavy atom. The summed E-state index contributed by atoms with van der Waals surface area (Å²) in [5.74, 6) is 0. The molecule has 2 aromatic heterocycles. The summed E-state index contributed by atoms with van der Waals surface area (Å²) in [5.41, 5.74) is 9.31. The number of benzene rings is 2. The molecule has 1 N–H and O–H groups in total. The lowest BCUT2D eigenvalue weighted by Gasteiger charge is -2.24. The first-order chi connectivity index (χ1) is 15.5. The first kappa shape index (κ1) is 20.5. The lowest BCUT2D eigenvalue weighted by Crippen LogP contribution is -2.16. The Labute approximate surface area is 188 Å². The van der Waals surface area contributed by atoms with Crippen molar-refractivity contribution >= 4 is 5.69 Å². The molecular weight excluding hydrogens is 398 g/mol. The topological polar surface area (TPSA) is 63.8 Å². The lowest BCUT2D eigenvalue weighted by atomic mass is 9.92. The van der Waals surface area contributed by atoms with Crippen molar-refractivity contribution in [1.82, 2.24) is 29.7 Å². The van der Waals surface area contributed by atoms with Crippen LogP contribution in [0.4, 0.5) is 5.69 Å². The number of anilines is 1. The van der Waals surface area contributed by atoms with Crippen LogP contribution in [-0.4, -0.2) is 43.8 Å². The Balaban J connectivity index is 1.60. The molecule has 1 unspecified atom stereocenters. The van der Waals surface area contributed by atoms with Gasteiger partial charge in [0.15, 0.2) is 0 Å². The Kier molecular flexibility index (Phi) is 5.27. The van der Waals surface area contributed by atoms with E-state index in [1.165, 1.54) is 27.9 Å². The van der Waals surface area contributed by atoms with E-state index < -0.39 is 0 Å². The Morgan fingerprint density at radius 3 is 2.75 bits per heavy atom. The Morgan fingerprint density at radius 2 is 1.97 bits per heavy atom. The van der Waals surface area contributed by atoms with Gasteiger partial charge in [-0.15, -0.1) is 5.10 Å². The Hall–Kier alpha value is -3.45. The van der Waals surface area contributed by atoms with Crippen molar-refractivity contribution < 1.29 is 0 Å². The number of hydrogen-bond acceptors (Lipinski definition) is 5. The molecule has 0 fully saturated rings. The van der Waals surface area contributed by atoms with Crippen LogP contribution < -0.4 is 5.32 Å². The smallest absolute Gasteiger partial charge is 0.0918 e. The number of fused-ring (bicyclic) bond motifs is 3. The van der Waals surface area contributed by atoms with Crippen molar-refractivity contribution in [3.05, 3.63) is 71.7 Å². The van der Waals surface area contributed by atoms with Crippen LogP contribution in [0.1, 0.15) is 29.3 Å². The normalized spacial score (nSPS) is 15.3. The van der Waals surface area contributed by atoms with Crippen molar-refractivity contribution in [3.8, 4) is 22.4 Å². The fourth-order valence-corrected chi connectivity index (χ4v) is 4.59. The van der Waals surface area contributed by atoms with Crippen LogP contribution in [0.3, 0.4) is 0 Å². The van der Waals surface area contributed by atoms with Crippen molar-refractivity contribution in [1.29, 1.82) is 0 Å². The summed E-state index contributed by atoms with van der Waals surface area (Å²) in [4.78, 5) is 2.20. The second kappa shape index (κ2) is 8.24. The van der Waals surface area contributed by atoms with E-state index >= 15 is 0 Å². The molecule has 0 bridgehead atoms. The fourth-order valence-electron chi connectivity index (χ4n) is 4.59. The molecule has 7 heteroatoms. The first-order valence-corrected chi connectivity index (χ1v) is 11.0. The minimum Gasteiger partial charge on any atom is -0.378 e. The number of rotatable bonds is 5. The van der Waals surface area contributed by atoms with Crippen LogP contribution in [0.15, 0.2) is 54.9 Å². The van der Waals surface area contributed by atoms with Gasteiger partial charge in [0.2, 0.25) is 0 Å². The van der Waals surface area contributed by atoms with Gasteiger partial charge in [-0.05, 0) is 56.3 Å². The van der Waals surface area contributed by atoms with E-state index in [0.717, 1.165) is 36.5 Å². The standard InChI is InChI=1S/C25H29N7/c1-17-25-21-10-9-18(20-14-26-31(4)16-20)13-22(21)24(11-12-32(25)29-28-17)27-23-8-6-5-7-19(23)15-30(2)3/h5-10,13-14,16,24,27H,11-12,15H2,1-4H3. The molecule has 1 atom stereocenters. The summed E-state index contributed by atoms with van der Waals surface area (Å²) < 4.78 is 3.89. The van der Waals surface area contributed by atoms with Crippen molar-refractivity contribution in [3.63, 3.8) is 0 Å². The number of nitrogens with one attached hydrogen (secondary N) is 1. The van der Waals surface area contributed by atoms with Gasteiger partial charge in [0.05, 0.1) is 23.6 Å². The molecule has 0 saturated carbocycles.